The van der Waals surface area contributed by atoms with Crippen LogP contribution in [0.15, 0.2) is 17.8 Å². The molecule has 0 saturated carbocycles. The molecule has 2 aromatic heterocycles. The summed E-state index contributed by atoms with van der Waals surface area (Å²) in [5, 5.41) is 2.79. The SMILES string of the molecule is CCc1nccn1C1CCCN(C(=O)c2csc(CCN)n2)C1.Cl.Cl. The lowest BCUT2D eigenvalue weighted by molar-refractivity contribution is 0.0672. The van der Waals surface area contributed by atoms with Gasteiger partial charge < -0.3 is 15.2 Å². The molecule has 0 aliphatic carbocycles. The Morgan fingerprint density at radius 3 is 2.96 bits per heavy atom. The Morgan fingerprint density at radius 1 is 1.44 bits per heavy atom. The number of aryl methyl sites for hydroxylation is 1. The van der Waals surface area contributed by atoms with Gasteiger partial charge >= 0.3 is 0 Å². The number of carbonyl (C=O) groups is 1. The molecule has 0 aromatic carbocycles. The standard InChI is InChI=1S/C16H23N5OS.2ClH/c1-2-14-18-7-9-21(14)12-4-3-8-20(10-12)16(22)13-11-23-15(19-13)5-6-17;;/h7,9,11-12H,2-6,8,10,17H2,1H3;2*1H. The van der Waals surface area contributed by atoms with E-state index in [1.807, 2.05) is 22.7 Å². The van der Waals surface area contributed by atoms with Gasteiger partial charge in [0, 0.05) is 43.7 Å². The Kier molecular flexibility index (Phi) is 8.85. The van der Waals surface area contributed by atoms with Crippen LogP contribution in [0.3, 0.4) is 0 Å². The van der Waals surface area contributed by atoms with E-state index in [1.54, 1.807) is 0 Å². The maximum Gasteiger partial charge on any atom is 0.273 e. The van der Waals surface area contributed by atoms with E-state index in [-0.39, 0.29) is 30.7 Å². The van der Waals surface area contributed by atoms with Gasteiger partial charge in [-0.15, -0.1) is 36.2 Å². The number of piperidine rings is 1. The van der Waals surface area contributed by atoms with Crippen LogP contribution in [0.2, 0.25) is 0 Å². The van der Waals surface area contributed by atoms with Crippen LogP contribution in [0.25, 0.3) is 0 Å². The van der Waals surface area contributed by atoms with E-state index in [2.05, 4.69) is 21.5 Å². The van der Waals surface area contributed by atoms with Crippen LogP contribution < -0.4 is 5.73 Å². The molecule has 140 valence electrons. The van der Waals surface area contributed by atoms with Gasteiger partial charge in [-0.1, -0.05) is 6.92 Å². The van der Waals surface area contributed by atoms with Crippen molar-refractivity contribution in [2.45, 2.75) is 38.6 Å². The number of hydrogen-bond acceptors (Lipinski definition) is 5. The summed E-state index contributed by atoms with van der Waals surface area (Å²) in [6.07, 6.45) is 7.61. The Labute approximate surface area is 164 Å². The zero-order valence-corrected chi connectivity index (χ0v) is 16.7. The smallest absolute Gasteiger partial charge is 0.273 e. The first kappa shape index (κ1) is 21.9. The second-order valence-electron chi connectivity index (χ2n) is 5.82. The first-order valence-corrected chi connectivity index (χ1v) is 9.06. The van der Waals surface area contributed by atoms with Crippen molar-refractivity contribution in [3.63, 3.8) is 0 Å². The maximum absolute atomic E-state index is 12.7. The highest BCUT2D eigenvalue weighted by Crippen LogP contribution is 2.24. The molecule has 3 rings (SSSR count). The van der Waals surface area contributed by atoms with E-state index in [0.29, 0.717) is 18.3 Å². The maximum atomic E-state index is 12.7. The molecule has 1 atom stereocenters. The zero-order valence-electron chi connectivity index (χ0n) is 14.3. The molecule has 0 radical (unpaired) electrons. The number of rotatable bonds is 5. The van der Waals surface area contributed by atoms with Crippen LogP contribution in [0, 0.1) is 0 Å². The Bertz CT molecular complexity index is 675. The van der Waals surface area contributed by atoms with Gasteiger partial charge in [-0.2, -0.15) is 0 Å². The van der Waals surface area contributed by atoms with Crippen molar-refractivity contribution >= 4 is 42.1 Å². The predicted molar refractivity (Wildman–Crippen MR) is 105 cm³/mol. The summed E-state index contributed by atoms with van der Waals surface area (Å²) < 4.78 is 2.22. The largest absolute Gasteiger partial charge is 0.335 e. The topological polar surface area (TPSA) is 77.0 Å². The first-order chi connectivity index (χ1) is 11.2. The molecule has 2 aromatic rings. The second kappa shape index (κ2) is 10.1. The average molecular weight is 406 g/mol. The highest BCUT2D eigenvalue weighted by Gasteiger charge is 2.27. The fourth-order valence-corrected chi connectivity index (χ4v) is 3.91. The molecule has 1 amide bonds. The molecule has 1 unspecified atom stereocenters. The van der Waals surface area contributed by atoms with Crippen molar-refractivity contribution in [3.8, 4) is 0 Å². The van der Waals surface area contributed by atoms with Crippen molar-refractivity contribution in [1.82, 2.24) is 19.4 Å². The molecule has 25 heavy (non-hydrogen) atoms. The van der Waals surface area contributed by atoms with E-state index in [0.717, 1.165) is 49.6 Å². The van der Waals surface area contributed by atoms with Crippen LogP contribution in [0.1, 0.15) is 47.1 Å². The van der Waals surface area contributed by atoms with Crippen LogP contribution in [0.5, 0.6) is 0 Å². The highest BCUT2D eigenvalue weighted by molar-refractivity contribution is 7.09. The van der Waals surface area contributed by atoms with Gasteiger partial charge in [0.25, 0.3) is 5.91 Å². The summed E-state index contributed by atoms with van der Waals surface area (Å²) in [6, 6.07) is 0.312. The average Bonchev–Trinajstić information content (AvgIpc) is 3.23. The van der Waals surface area contributed by atoms with Gasteiger partial charge in [0.2, 0.25) is 0 Å². The molecule has 6 nitrogen and oxygen atoms in total. The molecular formula is C16H25Cl2N5OS. The molecule has 3 heterocycles. The zero-order chi connectivity index (χ0) is 16.2. The second-order valence-corrected chi connectivity index (χ2v) is 6.76. The van der Waals surface area contributed by atoms with Crippen LogP contribution >= 0.6 is 36.2 Å². The van der Waals surface area contributed by atoms with Gasteiger partial charge in [0.1, 0.15) is 11.5 Å². The van der Waals surface area contributed by atoms with Crippen molar-refractivity contribution in [3.05, 3.63) is 34.3 Å². The van der Waals surface area contributed by atoms with Crippen molar-refractivity contribution in [2.75, 3.05) is 19.6 Å². The van der Waals surface area contributed by atoms with Crippen molar-refractivity contribution in [2.24, 2.45) is 5.73 Å². The number of halogens is 2. The molecular weight excluding hydrogens is 381 g/mol. The fourth-order valence-electron chi connectivity index (χ4n) is 3.13. The third-order valence-corrected chi connectivity index (χ3v) is 5.18. The number of thiazole rings is 1. The predicted octanol–water partition coefficient (Wildman–Crippen LogP) is 2.72. The molecule has 0 spiro atoms. The monoisotopic (exact) mass is 405 g/mol. The van der Waals surface area contributed by atoms with Gasteiger partial charge in [0.15, 0.2) is 0 Å². The summed E-state index contributed by atoms with van der Waals surface area (Å²) in [5.41, 5.74) is 6.11. The van der Waals surface area contributed by atoms with E-state index in [9.17, 15) is 4.79 Å². The molecule has 1 aliphatic rings. The summed E-state index contributed by atoms with van der Waals surface area (Å²) in [7, 11) is 0. The number of nitrogens with zero attached hydrogens (tertiary/aromatic N) is 4. The van der Waals surface area contributed by atoms with Gasteiger partial charge in [0.05, 0.1) is 11.0 Å². The van der Waals surface area contributed by atoms with E-state index in [1.165, 1.54) is 11.3 Å². The minimum Gasteiger partial charge on any atom is -0.335 e. The molecule has 2 N–H and O–H groups in total. The highest BCUT2D eigenvalue weighted by atomic mass is 35.5. The quantitative estimate of drug-likeness (QED) is 0.829. The van der Waals surface area contributed by atoms with E-state index >= 15 is 0 Å². The van der Waals surface area contributed by atoms with E-state index < -0.39 is 0 Å². The summed E-state index contributed by atoms with van der Waals surface area (Å²) >= 11 is 1.52. The number of likely N-dealkylation sites (tertiary alicyclic amines) is 1. The Morgan fingerprint density at radius 2 is 2.24 bits per heavy atom. The van der Waals surface area contributed by atoms with Crippen LogP contribution in [0.4, 0.5) is 0 Å². The molecule has 1 saturated heterocycles. The summed E-state index contributed by atoms with van der Waals surface area (Å²) in [4.78, 5) is 23.4. The number of nitrogens with two attached hydrogens (primary N) is 1. The van der Waals surface area contributed by atoms with Crippen molar-refractivity contribution in [1.29, 1.82) is 0 Å². The minimum atomic E-state index is 0. The lowest BCUT2D eigenvalue weighted by atomic mass is 10.0. The van der Waals surface area contributed by atoms with Crippen molar-refractivity contribution < 1.29 is 4.79 Å². The number of imidazole rings is 1. The van der Waals surface area contributed by atoms with E-state index in [4.69, 9.17) is 5.73 Å². The lowest BCUT2D eigenvalue weighted by Gasteiger charge is -2.33. The summed E-state index contributed by atoms with van der Waals surface area (Å²) in [5.74, 6) is 1.12. The third-order valence-electron chi connectivity index (χ3n) is 4.27. The van der Waals surface area contributed by atoms with Crippen LogP contribution in [-0.4, -0.2) is 45.0 Å². The number of aromatic nitrogens is 3. The summed E-state index contributed by atoms with van der Waals surface area (Å²) in [6.45, 7) is 4.20. The van der Waals surface area contributed by atoms with Gasteiger partial charge in [-0.25, -0.2) is 9.97 Å². The van der Waals surface area contributed by atoms with Crippen LogP contribution in [-0.2, 0) is 12.8 Å². The van der Waals surface area contributed by atoms with Gasteiger partial charge in [-0.05, 0) is 19.4 Å². The first-order valence-electron chi connectivity index (χ1n) is 8.18. The number of carbonyl (C=O) groups excluding carboxylic acids is 1. The molecule has 9 heteroatoms. The normalized spacial score (nSPS) is 16.9. The minimum absolute atomic E-state index is 0. The third kappa shape index (κ3) is 4.94. The molecule has 1 aliphatic heterocycles. The molecule has 1 fully saturated rings. The Balaban J connectivity index is 0.00000156. The van der Waals surface area contributed by atoms with Gasteiger partial charge in [-0.3, -0.25) is 4.79 Å². The molecule has 0 bridgehead atoms. The number of hydrogen-bond donors (Lipinski definition) is 1. The Hall–Kier alpha value is -1.15. The lowest BCUT2D eigenvalue weighted by Crippen LogP contribution is -2.41. The number of amides is 1. The fraction of sp³-hybridized carbons (Fsp3) is 0.562.